The van der Waals surface area contributed by atoms with Crippen LogP contribution in [0, 0.1) is 5.92 Å². The molecule has 1 amide bonds. The lowest BCUT2D eigenvalue weighted by atomic mass is 10.0. The zero-order valence-corrected chi connectivity index (χ0v) is 12.8. The highest BCUT2D eigenvalue weighted by atomic mass is 16.3. The third-order valence-corrected chi connectivity index (χ3v) is 4.20. The minimum absolute atomic E-state index is 0.0417. The molecule has 1 saturated heterocycles. The Morgan fingerprint density at radius 3 is 2.95 bits per heavy atom. The van der Waals surface area contributed by atoms with E-state index in [2.05, 4.69) is 14.9 Å². The normalized spacial score (nSPS) is 21.3. The molecule has 0 unspecified atom stereocenters. The van der Waals surface area contributed by atoms with Crippen LogP contribution in [0.2, 0.25) is 0 Å². The molecule has 6 heteroatoms. The van der Waals surface area contributed by atoms with Crippen LogP contribution in [0.1, 0.15) is 6.42 Å². The number of β-amino-alcohol motifs (C(OH)–C–C–N with tert-alkyl or cyclic N) is 1. The lowest BCUT2D eigenvalue weighted by Crippen LogP contribution is -2.28. The van der Waals surface area contributed by atoms with Crippen molar-refractivity contribution in [1.82, 2.24) is 14.9 Å². The molecule has 0 spiro atoms. The van der Waals surface area contributed by atoms with Gasteiger partial charge in [-0.2, -0.15) is 0 Å². The van der Waals surface area contributed by atoms with Gasteiger partial charge in [-0.3, -0.25) is 14.8 Å². The van der Waals surface area contributed by atoms with Crippen LogP contribution >= 0.6 is 0 Å². The summed E-state index contributed by atoms with van der Waals surface area (Å²) in [4.78, 5) is 24.0. The monoisotopic (exact) mass is 300 g/mol. The van der Waals surface area contributed by atoms with Gasteiger partial charge < -0.3 is 14.9 Å². The summed E-state index contributed by atoms with van der Waals surface area (Å²) in [7, 11) is 3.48. The van der Waals surface area contributed by atoms with Gasteiger partial charge >= 0.3 is 0 Å². The molecule has 6 nitrogen and oxygen atoms in total. The smallest absolute Gasteiger partial charge is 0.222 e. The molecule has 0 bridgehead atoms. The SMILES string of the molecule is CN(C)C(=O)C[C@@H]1CN(c2ccnc3cnccc23)C[C@H]1O. The highest BCUT2D eigenvalue weighted by molar-refractivity contribution is 5.91. The van der Waals surface area contributed by atoms with E-state index in [1.165, 1.54) is 0 Å². The Balaban J connectivity index is 1.83. The first-order valence-electron chi connectivity index (χ1n) is 7.38. The number of rotatable bonds is 3. The summed E-state index contributed by atoms with van der Waals surface area (Å²) >= 11 is 0. The molecule has 116 valence electrons. The molecule has 22 heavy (non-hydrogen) atoms. The van der Waals surface area contributed by atoms with Gasteiger partial charge in [0.1, 0.15) is 0 Å². The number of amides is 1. The Labute approximate surface area is 129 Å². The van der Waals surface area contributed by atoms with Crippen molar-refractivity contribution < 1.29 is 9.90 Å². The first-order valence-corrected chi connectivity index (χ1v) is 7.38. The fourth-order valence-corrected chi connectivity index (χ4v) is 2.92. The number of aliphatic hydroxyl groups excluding tert-OH is 1. The standard InChI is InChI=1S/C16H20N4O2/c1-19(2)16(22)7-11-9-20(10-15(11)21)14-4-6-18-13-8-17-5-3-12(13)14/h3-6,8,11,15,21H,7,9-10H2,1-2H3/t11-,15-/m1/s1. The lowest BCUT2D eigenvalue weighted by molar-refractivity contribution is -0.130. The van der Waals surface area contributed by atoms with Crippen molar-refractivity contribution in [1.29, 1.82) is 0 Å². The maximum Gasteiger partial charge on any atom is 0.222 e. The summed E-state index contributed by atoms with van der Waals surface area (Å²) < 4.78 is 0. The van der Waals surface area contributed by atoms with Gasteiger partial charge in [-0.05, 0) is 12.1 Å². The predicted octanol–water partition coefficient (Wildman–Crippen LogP) is 0.905. The average Bonchev–Trinajstić information content (AvgIpc) is 2.87. The Bertz CT molecular complexity index is 683. The van der Waals surface area contributed by atoms with Crippen molar-refractivity contribution in [3.63, 3.8) is 0 Å². The number of aliphatic hydroxyl groups is 1. The minimum atomic E-state index is -0.492. The maximum atomic E-state index is 11.9. The first kappa shape index (κ1) is 14.7. The summed E-state index contributed by atoms with van der Waals surface area (Å²) in [6, 6.07) is 3.88. The summed E-state index contributed by atoms with van der Waals surface area (Å²) in [5.41, 5.74) is 1.87. The van der Waals surface area contributed by atoms with Gasteiger partial charge in [0, 0.05) is 63.0 Å². The number of pyridine rings is 2. The second-order valence-electron chi connectivity index (χ2n) is 5.95. The van der Waals surface area contributed by atoms with Crippen molar-refractivity contribution >= 4 is 22.5 Å². The second kappa shape index (κ2) is 5.88. The molecule has 2 aromatic rings. The fourth-order valence-electron chi connectivity index (χ4n) is 2.92. The van der Waals surface area contributed by atoms with Crippen LogP contribution in [0.4, 0.5) is 5.69 Å². The average molecular weight is 300 g/mol. The van der Waals surface area contributed by atoms with E-state index in [4.69, 9.17) is 0 Å². The summed E-state index contributed by atoms with van der Waals surface area (Å²) in [6.45, 7) is 1.20. The van der Waals surface area contributed by atoms with Gasteiger partial charge in [0.15, 0.2) is 0 Å². The van der Waals surface area contributed by atoms with Crippen LogP contribution < -0.4 is 4.90 Å². The van der Waals surface area contributed by atoms with Crippen molar-refractivity contribution in [2.75, 3.05) is 32.1 Å². The molecule has 2 atom stereocenters. The number of anilines is 1. The number of hydrogen-bond acceptors (Lipinski definition) is 5. The van der Waals surface area contributed by atoms with Crippen LogP contribution in [0.3, 0.4) is 0 Å². The summed E-state index contributed by atoms with van der Waals surface area (Å²) in [6.07, 6.45) is 5.11. The molecule has 0 saturated carbocycles. The van der Waals surface area contributed by atoms with E-state index in [9.17, 15) is 9.90 Å². The quantitative estimate of drug-likeness (QED) is 0.912. The molecule has 2 aromatic heterocycles. The number of hydrogen-bond donors (Lipinski definition) is 1. The van der Waals surface area contributed by atoms with E-state index in [-0.39, 0.29) is 11.8 Å². The molecule has 3 heterocycles. The molecular weight excluding hydrogens is 280 g/mol. The third kappa shape index (κ3) is 2.74. The van der Waals surface area contributed by atoms with E-state index >= 15 is 0 Å². The molecule has 3 rings (SSSR count). The van der Waals surface area contributed by atoms with Crippen LogP contribution in [0.25, 0.3) is 10.9 Å². The number of fused-ring (bicyclic) bond motifs is 1. The highest BCUT2D eigenvalue weighted by Crippen LogP contribution is 2.31. The number of carbonyl (C=O) groups is 1. The second-order valence-corrected chi connectivity index (χ2v) is 5.95. The van der Waals surface area contributed by atoms with Crippen molar-refractivity contribution in [2.45, 2.75) is 12.5 Å². The summed E-state index contributed by atoms with van der Waals surface area (Å²) in [5.74, 6) is 0.00892. The van der Waals surface area contributed by atoms with Crippen LogP contribution in [0.15, 0.2) is 30.7 Å². The van der Waals surface area contributed by atoms with Crippen LogP contribution in [-0.4, -0.2) is 59.2 Å². The first-order chi connectivity index (χ1) is 10.6. The molecule has 1 aliphatic heterocycles. The van der Waals surface area contributed by atoms with Crippen molar-refractivity contribution in [3.05, 3.63) is 30.7 Å². The van der Waals surface area contributed by atoms with Gasteiger partial charge in [-0.25, -0.2) is 0 Å². The molecule has 1 N–H and O–H groups in total. The van der Waals surface area contributed by atoms with E-state index < -0.39 is 6.10 Å². The number of nitrogens with zero attached hydrogens (tertiary/aromatic N) is 4. The van der Waals surface area contributed by atoms with E-state index in [0.717, 1.165) is 16.6 Å². The van der Waals surface area contributed by atoms with E-state index in [0.29, 0.717) is 19.5 Å². The Morgan fingerprint density at radius 1 is 1.36 bits per heavy atom. The third-order valence-electron chi connectivity index (χ3n) is 4.20. The highest BCUT2D eigenvalue weighted by Gasteiger charge is 2.33. The Morgan fingerprint density at radius 2 is 2.18 bits per heavy atom. The van der Waals surface area contributed by atoms with Crippen LogP contribution in [-0.2, 0) is 4.79 Å². The molecule has 1 fully saturated rings. The van der Waals surface area contributed by atoms with Gasteiger partial charge in [0.05, 0.1) is 17.8 Å². The van der Waals surface area contributed by atoms with E-state index in [1.807, 2.05) is 12.1 Å². The maximum absolute atomic E-state index is 11.9. The van der Waals surface area contributed by atoms with Gasteiger partial charge in [0.2, 0.25) is 5.91 Å². The van der Waals surface area contributed by atoms with Gasteiger partial charge in [-0.15, -0.1) is 0 Å². The fraction of sp³-hybridized carbons (Fsp3) is 0.438. The molecule has 0 radical (unpaired) electrons. The zero-order valence-electron chi connectivity index (χ0n) is 12.8. The number of aromatic nitrogens is 2. The molecule has 1 aliphatic rings. The van der Waals surface area contributed by atoms with Gasteiger partial charge in [-0.1, -0.05) is 0 Å². The lowest BCUT2D eigenvalue weighted by Gasteiger charge is -2.20. The van der Waals surface area contributed by atoms with Crippen molar-refractivity contribution in [2.24, 2.45) is 5.92 Å². The Hall–Kier alpha value is -2.21. The number of carbonyl (C=O) groups excluding carboxylic acids is 1. The topological polar surface area (TPSA) is 69.6 Å². The largest absolute Gasteiger partial charge is 0.391 e. The van der Waals surface area contributed by atoms with Crippen molar-refractivity contribution in [3.8, 4) is 0 Å². The zero-order chi connectivity index (χ0) is 15.7. The molecular formula is C16H20N4O2. The molecule has 0 aliphatic carbocycles. The molecule has 0 aromatic carbocycles. The summed E-state index contributed by atoms with van der Waals surface area (Å²) in [5, 5.41) is 11.3. The Kier molecular flexibility index (Phi) is 3.94. The van der Waals surface area contributed by atoms with Gasteiger partial charge in [0.25, 0.3) is 0 Å². The van der Waals surface area contributed by atoms with E-state index in [1.54, 1.807) is 37.6 Å². The van der Waals surface area contributed by atoms with Crippen LogP contribution in [0.5, 0.6) is 0 Å². The minimum Gasteiger partial charge on any atom is -0.391 e. The predicted molar refractivity (Wildman–Crippen MR) is 84.6 cm³/mol.